The first kappa shape index (κ1) is 22.2. The standard InChI is InChI=1S/C23H30ClFN4O2/c1-16(18-4-6-19(25)7-5-18)28-10-8-20(9-11-28)29-23(30)22(24)21(14-27-29)26-13-17-3-2-12-31-15-17/h4-7,14,16-17,20,26H,2-3,8-13,15H2,1H3/t16?,17-/m0/s1. The minimum atomic E-state index is -0.239. The third kappa shape index (κ3) is 5.27. The van der Waals surface area contributed by atoms with Gasteiger partial charge in [0.2, 0.25) is 0 Å². The van der Waals surface area contributed by atoms with Crippen molar-refractivity contribution in [3.8, 4) is 0 Å². The van der Waals surface area contributed by atoms with Crippen molar-refractivity contribution in [3.63, 3.8) is 0 Å². The first-order chi connectivity index (χ1) is 15.0. The molecule has 6 nitrogen and oxygen atoms in total. The number of rotatable bonds is 6. The molecule has 2 aliphatic rings. The Morgan fingerprint density at radius 3 is 2.68 bits per heavy atom. The van der Waals surface area contributed by atoms with E-state index in [4.69, 9.17) is 16.3 Å². The van der Waals surface area contributed by atoms with Gasteiger partial charge in [0.25, 0.3) is 5.56 Å². The first-order valence-corrected chi connectivity index (χ1v) is 11.5. The average Bonchev–Trinajstić information content (AvgIpc) is 2.81. The lowest BCUT2D eigenvalue weighted by atomic mass is 10.00. The Morgan fingerprint density at radius 2 is 2.00 bits per heavy atom. The number of hydrogen-bond donors (Lipinski definition) is 1. The number of benzene rings is 1. The Balaban J connectivity index is 1.36. The molecule has 0 spiro atoms. The van der Waals surface area contributed by atoms with Crippen LogP contribution in [0.1, 0.15) is 50.3 Å². The smallest absolute Gasteiger partial charge is 0.287 e. The van der Waals surface area contributed by atoms with E-state index < -0.39 is 0 Å². The monoisotopic (exact) mass is 448 g/mol. The van der Waals surface area contributed by atoms with Crippen LogP contribution in [-0.2, 0) is 4.74 Å². The molecule has 0 bridgehead atoms. The van der Waals surface area contributed by atoms with Gasteiger partial charge >= 0.3 is 0 Å². The molecular formula is C23H30ClFN4O2. The van der Waals surface area contributed by atoms with E-state index in [0.29, 0.717) is 11.6 Å². The van der Waals surface area contributed by atoms with Gasteiger partial charge in [0.1, 0.15) is 10.8 Å². The van der Waals surface area contributed by atoms with Crippen molar-refractivity contribution in [3.05, 3.63) is 57.2 Å². The lowest BCUT2D eigenvalue weighted by Crippen LogP contribution is -2.39. The maximum absolute atomic E-state index is 13.2. The van der Waals surface area contributed by atoms with Crippen LogP contribution in [0.15, 0.2) is 35.3 Å². The number of hydrogen-bond acceptors (Lipinski definition) is 5. The quantitative estimate of drug-likeness (QED) is 0.715. The van der Waals surface area contributed by atoms with Crippen LogP contribution in [0, 0.1) is 11.7 Å². The number of halogens is 2. The second-order valence-corrected chi connectivity index (χ2v) is 8.96. The molecule has 4 rings (SSSR count). The summed E-state index contributed by atoms with van der Waals surface area (Å²) in [7, 11) is 0. The van der Waals surface area contributed by atoms with Gasteiger partial charge in [-0.05, 0) is 56.2 Å². The maximum atomic E-state index is 13.2. The molecule has 1 N–H and O–H groups in total. The highest BCUT2D eigenvalue weighted by Gasteiger charge is 2.26. The second kappa shape index (κ2) is 10.1. The van der Waals surface area contributed by atoms with Crippen molar-refractivity contribution >= 4 is 17.3 Å². The molecule has 3 heterocycles. The zero-order chi connectivity index (χ0) is 21.8. The molecular weight excluding hydrogens is 419 g/mol. The van der Waals surface area contributed by atoms with Crippen LogP contribution in [0.25, 0.3) is 0 Å². The number of piperidine rings is 1. The molecule has 1 aromatic heterocycles. The van der Waals surface area contributed by atoms with Crippen LogP contribution in [0.5, 0.6) is 0 Å². The Morgan fingerprint density at radius 1 is 1.26 bits per heavy atom. The second-order valence-electron chi connectivity index (χ2n) is 8.58. The molecule has 2 fully saturated rings. The van der Waals surface area contributed by atoms with Crippen molar-refractivity contribution in [1.29, 1.82) is 0 Å². The fourth-order valence-corrected chi connectivity index (χ4v) is 4.72. The Hall–Kier alpha value is -1.96. The summed E-state index contributed by atoms with van der Waals surface area (Å²) >= 11 is 6.40. The molecule has 0 saturated carbocycles. The fraction of sp³-hybridized carbons (Fsp3) is 0.565. The van der Waals surface area contributed by atoms with E-state index >= 15 is 0 Å². The number of nitrogens with zero attached hydrogens (tertiary/aromatic N) is 3. The van der Waals surface area contributed by atoms with Gasteiger partial charge in [-0.25, -0.2) is 9.07 Å². The number of anilines is 1. The molecule has 2 aliphatic heterocycles. The Bertz CT molecular complexity index is 922. The van der Waals surface area contributed by atoms with Gasteiger partial charge < -0.3 is 10.1 Å². The maximum Gasteiger partial charge on any atom is 0.287 e. The molecule has 2 atom stereocenters. The predicted octanol–water partition coefficient (Wildman–Crippen LogP) is 4.27. The van der Waals surface area contributed by atoms with Crippen LogP contribution >= 0.6 is 11.6 Å². The SMILES string of the molecule is CC(c1ccc(F)cc1)N1CCC(n2ncc(NC[C@@H]3CCCOC3)c(Cl)c2=O)CC1. The van der Waals surface area contributed by atoms with Crippen molar-refractivity contribution in [2.24, 2.45) is 5.92 Å². The third-order valence-electron chi connectivity index (χ3n) is 6.52. The van der Waals surface area contributed by atoms with E-state index in [9.17, 15) is 9.18 Å². The Labute approximate surface area is 187 Å². The van der Waals surface area contributed by atoms with E-state index in [1.165, 1.54) is 16.8 Å². The van der Waals surface area contributed by atoms with Crippen LogP contribution in [0.4, 0.5) is 10.1 Å². The minimum Gasteiger partial charge on any atom is -0.382 e. The number of ether oxygens (including phenoxy) is 1. The van der Waals surface area contributed by atoms with Gasteiger partial charge in [0, 0.05) is 32.3 Å². The summed E-state index contributed by atoms with van der Waals surface area (Å²) in [5.41, 5.74) is 1.45. The van der Waals surface area contributed by atoms with Crippen LogP contribution in [-0.4, -0.2) is 47.5 Å². The zero-order valence-electron chi connectivity index (χ0n) is 17.9. The summed E-state index contributed by atoms with van der Waals surface area (Å²) < 4.78 is 20.2. The van der Waals surface area contributed by atoms with E-state index in [0.717, 1.165) is 64.1 Å². The highest BCUT2D eigenvalue weighted by atomic mass is 35.5. The van der Waals surface area contributed by atoms with Crippen molar-refractivity contribution in [2.45, 2.75) is 44.7 Å². The summed E-state index contributed by atoms with van der Waals surface area (Å²) in [5, 5.41) is 7.91. The molecule has 168 valence electrons. The summed E-state index contributed by atoms with van der Waals surface area (Å²) in [6.45, 7) is 6.12. The van der Waals surface area contributed by atoms with Gasteiger partial charge in [0.15, 0.2) is 0 Å². The van der Waals surface area contributed by atoms with Crippen LogP contribution in [0.3, 0.4) is 0 Å². The lowest BCUT2D eigenvalue weighted by Gasteiger charge is -2.36. The summed E-state index contributed by atoms with van der Waals surface area (Å²) in [5.74, 6) is 0.210. The normalized spacial score (nSPS) is 21.7. The predicted molar refractivity (Wildman–Crippen MR) is 120 cm³/mol. The van der Waals surface area contributed by atoms with E-state index in [1.807, 2.05) is 12.1 Å². The molecule has 31 heavy (non-hydrogen) atoms. The number of nitrogens with one attached hydrogen (secondary N) is 1. The molecule has 8 heteroatoms. The topological polar surface area (TPSA) is 59.4 Å². The summed E-state index contributed by atoms with van der Waals surface area (Å²) in [4.78, 5) is 15.2. The highest BCUT2D eigenvalue weighted by Crippen LogP contribution is 2.29. The van der Waals surface area contributed by atoms with Gasteiger partial charge in [-0.3, -0.25) is 9.69 Å². The highest BCUT2D eigenvalue weighted by molar-refractivity contribution is 6.32. The molecule has 0 radical (unpaired) electrons. The Kier molecular flexibility index (Phi) is 7.25. The average molecular weight is 449 g/mol. The van der Waals surface area contributed by atoms with Crippen molar-refractivity contribution in [1.82, 2.24) is 14.7 Å². The minimum absolute atomic E-state index is 0.0301. The van der Waals surface area contributed by atoms with E-state index in [2.05, 4.69) is 22.2 Å². The molecule has 0 amide bonds. The number of likely N-dealkylation sites (tertiary alicyclic amines) is 1. The van der Waals surface area contributed by atoms with Crippen LogP contribution in [0.2, 0.25) is 5.02 Å². The molecule has 0 aliphatic carbocycles. The summed E-state index contributed by atoms with van der Waals surface area (Å²) in [6.07, 6.45) is 5.49. The van der Waals surface area contributed by atoms with Gasteiger partial charge in [-0.15, -0.1) is 0 Å². The van der Waals surface area contributed by atoms with Crippen molar-refractivity contribution < 1.29 is 9.13 Å². The molecule has 2 saturated heterocycles. The molecule has 1 aromatic carbocycles. The fourth-order valence-electron chi connectivity index (χ4n) is 4.52. The third-order valence-corrected chi connectivity index (χ3v) is 6.89. The van der Waals surface area contributed by atoms with Gasteiger partial charge in [-0.1, -0.05) is 23.7 Å². The molecule has 1 unspecified atom stereocenters. The van der Waals surface area contributed by atoms with Crippen molar-refractivity contribution in [2.75, 3.05) is 38.2 Å². The first-order valence-electron chi connectivity index (χ1n) is 11.1. The largest absolute Gasteiger partial charge is 0.382 e. The molecule has 2 aromatic rings. The summed E-state index contributed by atoms with van der Waals surface area (Å²) in [6, 6.07) is 6.90. The van der Waals surface area contributed by atoms with Gasteiger partial charge in [-0.2, -0.15) is 5.10 Å². The van der Waals surface area contributed by atoms with Crippen LogP contribution < -0.4 is 10.9 Å². The van der Waals surface area contributed by atoms with E-state index in [-0.39, 0.29) is 28.5 Å². The van der Waals surface area contributed by atoms with Gasteiger partial charge in [0.05, 0.1) is 24.5 Å². The number of aromatic nitrogens is 2. The zero-order valence-corrected chi connectivity index (χ0v) is 18.7. The van der Waals surface area contributed by atoms with E-state index in [1.54, 1.807) is 6.20 Å². The lowest BCUT2D eigenvalue weighted by molar-refractivity contribution is 0.0595.